The lowest BCUT2D eigenvalue weighted by Crippen LogP contribution is -2.42. The number of nitrogens with one attached hydrogen (secondary N) is 1. The summed E-state index contributed by atoms with van der Waals surface area (Å²) in [6.45, 7) is 3.55. The molecule has 0 aliphatic heterocycles. The Labute approximate surface area is 224 Å². The average Bonchev–Trinajstić information content (AvgIpc) is 3.26. The summed E-state index contributed by atoms with van der Waals surface area (Å²) in [5, 5.41) is 4.55. The van der Waals surface area contributed by atoms with Crippen LogP contribution in [0.2, 0.25) is 15.1 Å². The van der Waals surface area contributed by atoms with Crippen LogP contribution in [0.5, 0.6) is 0 Å². The van der Waals surface area contributed by atoms with E-state index in [1.165, 1.54) is 4.90 Å². The number of hydrogen-bond acceptors (Lipinski definition) is 3. The van der Waals surface area contributed by atoms with Crippen molar-refractivity contribution in [1.82, 2.24) is 14.5 Å². The van der Waals surface area contributed by atoms with Crippen LogP contribution in [0.15, 0.2) is 79.0 Å². The largest absolute Gasteiger partial charge is 0.327 e. The highest BCUT2D eigenvalue weighted by Crippen LogP contribution is 2.27. The zero-order valence-corrected chi connectivity index (χ0v) is 21.8. The van der Waals surface area contributed by atoms with Gasteiger partial charge in [0.05, 0.1) is 5.69 Å². The minimum absolute atomic E-state index is 0.155. The molecule has 36 heavy (non-hydrogen) atoms. The first-order valence-corrected chi connectivity index (χ1v) is 12.3. The first-order chi connectivity index (χ1) is 17.2. The molecule has 1 aromatic heterocycles. The molecule has 0 saturated heterocycles. The van der Waals surface area contributed by atoms with Crippen LogP contribution in [0.4, 0.5) is 5.95 Å². The number of rotatable bonds is 7. The first-order valence-electron chi connectivity index (χ1n) is 11.2. The molecule has 4 aromatic rings. The van der Waals surface area contributed by atoms with Crippen molar-refractivity contribution in [3.8, 4) is 16.9 Å². The molecule has 0 fully saturated rings. The number of imidazole rings is 1. The molecule has 3 aromatic carbocycles. The second kappa shape index (κ2) is 11.2. The van der Waals surface area contributed by atoms with Crippen LogP contribution in [0.25, 0.3) is 16.9 Å². The quantitative estimate of drug-likeness (QED) is 0.274. The minimum atomic E-state index is -0.387. The molecule has 0 unspecified atom stereocenters. The van der Waals surface area contributed by atoms with E-state index in [4.69, 9.17) is 34.8 Å². The molecule has 1 heterocycles. The van der Waals surface area contributed by atoms with Crippen LogP contribution >= 0.6 is 34.8 Å². The summed E-state index contributed by atoms with van der Waals surface area (Å²) in [6.07, 6.45) is 1.81. The zero-order chi connectivity index (χ0) is 25.8. The third-order valence-electron chi connectivity index (χ3n) is 5.47. The number of anilines is 1. The van der Waals surface area contributed by atoms with Crippen LogP contribution in [-0.4, -0.2) is 38.9 Å². The molecular weight excluding hydrogens is 519 g/mol. The molecule has 1 N–H and O–H groups in total. The number of halogens is 3. The van der Waals surface area contributed by atoms with Gasteiger partial charge in [-0.05, 0) is 68.4 Å². The smallest absolute Gasteiger partial charge is 0.254 e. The SMILES string of the molecule is CC(C)N(CC(=O)Nc1nc(-c2ccc(Cl)cc2)cn1-c1cccc(Cl)c1)C(=O)c1ccc(Cl)cc1. The summed E-state index contributed by atoms with van der Waals surface area (Å²) < 4.78 is 1.74. The summed E-state index contributed by atoms with van der Waals surface area (Å²) >= 11 is 18.2. The van der Waals surface area contributed by atoms with E-state index in [-0.39, 0.29) is 24.4 Å². The van der Waals surface area contributed by atoms with E-state index in [1.54, 1.807) is 53.1 Å². The second-order valence-corrected chi connectivity index (χ2v) is 9.70. The van der Waals surface area contributed by atoms with Crippen LogP contribution in [-0.2, 0) is 4.79 Å². The van der Waals surface area contributed by atoms with Crippen molar-refractivity contribution in [2.45, 2.75) is 19.9 Å². The Kier molecular flexibility index (Phi) is 7.99. The van der Waals surface area contributed by atoms with E-state index >= 15 is 0 Å². The molecule has 6 nitrogen and oxygen atoms in total. The highest BCUT2D eigenvalue weighted by molar-refractivity contribution is 6.31. The lowest BCUT2D eigenvalue weighted by Gasteiger charge is -2.26. The maximum absolute atomic E-state index is 13.1. The van der Waals surface area contributed by atoms with Gasteiger partial charge >= 0.3 is 0 Å². The Hall–Kier alpha value is -3.32. The molecule has 0 saturated carbocycles. The van der Waals surface area contributed by atoms with Gasteiger partial charge in [-0.25, -0.2) is 4.98 Å². The van der Waals surface area contributed by atoms with Crippen LogP contribution in [0, 0.1) is 0 Å². The lowest BCUT2D eigenvalue weighted by molar-refractivity contribution is -0.117. The minimum Gasteiger partial charge on any atom is -0.327 e. The number of carbonyl (C=O) groups is 2. The predicted molar refractivity (Wildman–Crippen MR) is 145 cm³/mol. The Morgan fingerprint density at radius 2 is 1.56 bits per heavy atom. The molecule has 9 heteroatoms. The van der Waals surface area contributed by atoms with Gasteiger partial charge in [-0.3, -0.25) is 19.5 Å². The number of amides is 2. The van der Waals surface area contributed by atoms with Gasteiger partial charge in [0.1, 0.15) is 6.54 Å². The van der Waals surface area contributed by atoms with Gasteiger partial charge in [-0.15, -0.1) is 0 Å². The predicted octanol–water partition coefficient (Wildman–Crippen LogP) is 6.99. The summed E-state index contributed by atoms with van der Waals surface area (Å²) in [5.41, 5.74) is 2.65. The lowest BCUT2D eigenvalue weighted by atomic mass is 10.1. The van der Waals surface area contributed by atoms with Crippen molar-refractivity contribution in [3.05, 3.63) is 99.6 Å². The first kappa shape index (κ1) is 25.8. The molecule has 4 rings (SSSR count). The van der Waals surface area contributed by atoms with E-state index in [9.17, 15) is 9.59 Å². The fourth-order valence-electron chi connectivity index (χ4n) is 3.62. The van der Waals surface area contributed by atoms with Gasteiger partial charge in [-0.1, -0.05) is 53.0 Å². The zero-order valence-electron chi connectivity index (χ0n) is 19.6. The fraction of sp³-hybridized carbons (Fsp3) is 0.148. The van der Waals surface area contributed by atoms with E-state index < -0.39 is 0 Å². The average molecular weight is 542 g/mol. The molecule has 0 atom stereocenters. The Morgan fingerprint density at radius 3 is 2.17 bits per heavy atom. The molecule has 0 aliphatic rings. The van der Waals surface area contributed by atoms with Crippen molar-refractivity contribution in [2.75, 3.05) is 11.9 Å². The van der Waals surface area contributed by atoms with Gasteiger partial charge < -0.3 is 4.90 Å². The molecule has 0 aliphatic carbocycles. The monoisotopic (exact) mass is 540 g/mol. The third-order valence-corrected chi connectivity index (χ3v) is 6.21. The summed E-state index contributed by atoms with van der Waals surface area (Å²) in [5.74, 6) is -0.353. The number of aromatic nitrogens is 2. The van der Waals surface area contributed by atoms with Crippen LogP contribution in [0.1, 0.15) is 24.2 Å². The Balaban J connectivity index is 1.62. The van der Waals surface area contributed by atoms with E-state index in [0.717, 1.165) is 11.3 Å². The molecule has 0 radical (unpaired) electrons. The van der Waals surface area contributed by atoms with Crippen molar-refractivity contribution in [2.24, 2.45) is 0 Å². The highest BCUT2D eigenvalue weighted by Gasteiger charge is 2.23. The van der Waals surface area contributed by atoms with E-state index in [1.807, 2.05) is 44.3 Å². The third kappa shape index (κ3) is 6.08. The standard InChI is InChI=1S/C27H23Cl3N4O2/c1-17(2)33(26(36)19-8-12-21(29)13-9-19)16-25(35)32-27-31-24(18-6-10-20(28)11-7-18)15-34(27)23-5-3-4-22(30)14-23/h3-15,17H,16H2,1-2H3,(H,31,32,35). The van der Waals surface area contributed by atoms with Crippen LogP contribution in [0.3, 0.4) is 0 Å². The Morgan fingerprint density at radius 1 is 0.917 bits per heavy atom. The highest BCUT2D eigenvalue weighted by atomic mass is 35.5. The summed E-state index contributed by atoms with van der Waals surface area (Å²) in [4.78, 5) is 32.4. The van der Waals surface area contributed by atoms with Crippen molar-refractivity contribution in [3.63, 3.8) is 0 Å². The summed E-state index contributed by atoms with van der Waals surface area (Å²) in [7, 11) is 0. The van der Waals surface area contributed by atoms with Crippen molar-refractivity contribution >= 4 is 52.6 Å². The van der Waals surface area contributed by atoms with E-state index in [0.29, 0.717) is 32.3 Å². The molecule has 184 valence electrons. The molecule has 0 spiro atoms. The van der Waals surface area contributed by atoms with Crippen molar-refractivity contribution in [1.29, 1.82) is 0 Å². The molecule has 2 amide bonds. The van der Waals surface area contributed by atoms with Gasteiger partial charge in [0.2, 0.25) is 11.9 Å². The fourth-order valence-corrected chi connectivity index (χ4v) is 4.05. The Bertz CT molecular complexity index is 1380. The molecular formula is C27H23Cl3N4O2. The van der Waals surface area contributed by atoms with Crippen molar-refractivity contribution < 1.29 is 9.59 Å². The molecule has 0 bridgehead atoms. The van der Waals surface area contributed by atoms with Gasteiger partial charge in [0, 0.05) is 44.1 Å². The normalized spacial score (nSPS) is 10.9. The summed E-state index contributed by atoms with van der Waals surface area (Å²) in [6, 6.07) is 20.8. The second-order valence-electron chi connectivity index (χ2n) is 8.39. The maximum Gasteiger partial charge on any atom is 0.254 e. The maximum atomic E-state index is 13.1. The number of benzene rings is 3. The number of carbonyl (C=O) groups excluding carboxylic acids is 2. The van der Waals surface area contributed by atoms with Gasteiger partial charge in [0.15, 0.2) is 0 Å². The van der Waals surface area contributed by atoms with Crippen LogP contribution < -0.4 is 5.32 Å². The van der Waals surface area contributed by atoms with Gasteiger partial charge in [0.25, 0.3) is 5.91 Å². The van der Waals surface area contributed by atoms with E-state index in [2.05, 4.69) is 10.3 Å². The topological polar surface area (TPSA) is 67.2 Å². The number of hydrogen-bond donors (Lipinski definition) is 1. The number of nitrogens with zero attached hydrogens (tertiary/aromatic N) is 3. The van der Waals surface area contributed by atoms with Gasteiger partial charge in [-0.2, -0.15) is 0 Å².